The molecule has 106 valence electrons. The number of benzene rings is 1. The summed E-state index contributed by atoms with van der Waals surface area (Å²) in [4.78, 5) is 13.7. The summed E-state index contributed by atoms with van der Waals surface area (Å²) in [6.45, 7) is 7.21. The van der Waals surface area contributed by atoms with E-state index in [4.69, 9.17) is 5.11 Å². The molecular weight excluding hydrogens is 270 g/mol. The Balaban J connectivity index is 2.10. The molecule has 0 atom stereocenters. The third-order valence-electron chi connectivity index (χ3n) is 3.01. The monoisotopic (exact) mass is 289 g/mol. The van der Waals surface area contributed by atoms with Crippen LogP contribution >= 0.6 is 11.3 Å². The van der Waals surface area contributed by atoms with Crippen molar-refractivity contribution in [2.24, 2.45) is 0 Å². The summed E-state index contributed by atoms with van der Waals surface area (Å²) in [7, 11) is 0. The van der Waals surface area contributed by atoms with Gasteiger partial charge in [0.05, 0.1) is 5.56 Å². The molecule has 20 heavy (non-hydrogen) atoms. The second-order valence-electron chi connectivity index (χ2n) is 5.72. The van der Waals surface area contributed by atoms with Crippen molar-refractivity contribution in [1.29, 1.82) is 0 Å². The van der Waals surface area contributed by atoms with Crippen molar-refractivity contribution in [3.63, 3.8) is 0 Å². The van der Waals surface area contributed by atoms with E-state index in [0.717, 1.165) is 0 Å². The number of carbonyl (C=O) groups is 1. The number of anilines is 1. The van der Waals surface area contributed by atoms with E-state index in [2.05, 4.69) is 38.2 Å². The van der Waals surface area contributed by atoms with Crippen LogP contribution in [0.4, 0.5) is 5.69 Å². The molecule has 0 spiro atoms. The van der Waals surface area contributed by atoms with Gasteiger partial charge in [-0.25, -0.2) is 4.79 Å². The van der Waals surface area contributed by atoms with Crippen molar-refractivity contribution in [2.45, 2.75) is 32.7 Å². The zero-order valence-electron chi connectivity index (χ0n) is 11.9. The van der Waals surface area contributed by atoms with Gasteiger partial charge in [0.25, 0.3) is 0 Å². The van der Waals surface area contributed by atoms with E-state index in [9.17, 15) is 4.79 Å². The maximum absolute atomic E-state index is 11.1. The van der Waals surface area contributed by atoms with Crippen molar-refractivity contribution in [3.05, 3.63) is 51.7 Å². The van der Waals surface area contributed by atoms with Gasteiger partial charge in [-0.05, 0) is 29.7 Å². The van der Waals surface area contributed by atoms with Crippen LogP contribution in [-0.2, 0) is 12.0 Å². The summed E-state index contributed by atoms with van der Waals surface area (Å²) in [6.07, 6.45) is 0. The van der Waals surface area contributed by atoms with Crippen molar-refractivity contribution >= 4 is 23.0 Å². The van der Waals surface area contributed by atoms with Crippen LogP contribution in [0.3, 0.4) is 0 Å². The van der Waals surface area contributed by atoms with Crippen molar-refractivity contribution in [3.8, 4) is 0 Å². The van der Waals surface area contributed by atoms with E-state index >= 15 is 0 Å². The lowest BCUT2D eigenvalue weighted by atomic mass is 9.95. The van der Waals surface area contributed by atoms with Crippen LogP contribution in [0.15, 0.2) is 36.4 Å². The third kappa shape index (κ3) is 3.39. The smallest absolute Gasteiger partial charge is 0.337 e. The number of hydrogen-bond donors (Lipinski definition) is 2. The fourth-order valence-electron chi connectivity index (χ4n) is 1.88. The normalized spacial score (nSPS) is 11.3. The lowest BCUT2D eigenvalue weighted by Gasteiger charge is -2.15. The molecule has 1 aromatic carbocycles. The molecule has 0 radical (unpaired) electrons. The first-order valence-electron chi connectivity index (χ1n) is 6.53. The van der Waals surface area contributed by atoms with Gasteiger partial charge < -0.3 is 10.4 Å². The van der Waals surface area contributed by atoms with Crippen LogP contribution in [0.5, 0.6) is 0 Å². The van der Waals surface area contributed by atoms with Gasteiger partial charge in [-0.1, -0.05) is 32.9 Å². The summed E-state index contributed by atoms with van der Waals surface area (Å²) in [6, 6.07) is 11.2. The molecule has 3 nitrogen and oxygen atoms in total. The van der Waals surface area contributed by atoms with Crippen LogP contribution in [0.25, 0.3) is 0 Å². The summed E-state index contributed by atoms with van der Waals surface area (Å²) in [5, 5.41) is 12.3. The van der Waals surface area contributed by atoms with Crippen LogP contribution < -0.4 is 5.32 Å². The number of thiophene rings is 1. The van der Waals surface area contributed by atoms with Crippen LogP contribution in [0, 0.1) is 0 Å². The zero-order valence-corrected chi connectivity index (χ0v) is 12.8. The highest BCUT2D eigenvalue weighted by molar-refractivity contribution is 7.12. The molecule has 0 unspecified atom stereocenters. The average Bonchev–Trinajstić information content (AvgIpc) is 2.85. The lowest BCUT2D eigenvalue weighted by Crippen LogP contribution is -2.08. The summed E-state index contributed by atoms with van der Waals surface area (Å²) < 4.78 is 0. The van der Waals surface area contributed by atoms with Gasteiger partial charge in [0.15, 0.2) is 0 Å². The van der Waals surface area contributed by atoms with E-state index in [1.807, 2.05) is 6.07 Å². The van der Waals surface area contributed by atoms with E-state index < -0.39 is 5.97 Å². The first-order chi connectivity index (χ1) is 9.38. The number of nitrogens with one attached hydrogen (secondary N) is 1. The van der Waals surface area contributed by atoms with Crippen molar-refractivity contribution < 1.29 is 9.90 Å². The number of carboxylic acids is 1. The van der Waals surface area contributed by atoms with Crippen molar-refractivity contribution in [1.82, 2.24) is 0 Å². The minimum absolute atomic E-state index is 0.155. The minimum Gasteiger partial charge on any atom is -0.478 e. The Morgan fingerprint density at radius 2 is 1.90 bits per heavy atom. The first kappa shape index (κ1) is 14.6. The zero-order chi connectivity index (χ0) is 14.8. The Labute approximate surface area is 123 Å². The van der Waals surface area contributed by atoms with Crippen molar-refractivity contribution in [2.75, 3.05) is 5.32 Å². The largest absolute Gasteiger partial charge is 0.478 e. The standard InChI is InChI=1S/C16H19NO2S/c1-16(2,3)14-9-8-11(20-14)10-17-13-7-5-4-6-12(13)15(18)19/h4-9,17H,10H2,1-3H3,(H,18,19). The molecular formula is C16H19NO2S. The Bertz CT molecular complexity index is 611. The molecule has 1 heterocycles. The molecule has 2 N–H and O–H groups in total. The number of rotatable bonds is 4. The highest BCUT2D eigenvalue weighted by atomic mass is 32.1. The summed E-state index contributed by atoms with van der Waals surface area (Å²) >= 11 is 1.76. The lowest BCUT2D eigenvalue weighted by molar-refractivity contribution is 0.0698. The maximum atomic E-state index is 11.1. The molecule has 0 fully saturated rings. The second-order valence-corrected chi connectivity index (χ2v) is 6.89. The fraction of sp³-hybridized carbons (Fsp3) is 0.312. The summed E-state index contributed by atoms with van der Waals surface area (Å²) in [5.41, 5.74) is 1.12. The number of hydrogen-bond acceptors (Lipinski definition) is 3. The van der Waals surface area contributed by atoms with E-state index in [1.54, 1.807) is 29.5 Å². The van der Waals surface area contributed by atoms with Gasteiger partial charge in [0.2, 0.25) is 0 Å². The minimum atomic E-state index is -0.908. The molecule has 0 bridgehead atoms. The Morgan fingerprint density at radius 3 is 2.50 bits per heavy atom. The molecule has 0 saturated carbocycles. The quantitative estimate of drug-likeness (QED) is 0.879. The highest BCUT2D eigenvalue weighted by Crippen LogP contribution is 2.30. The number of para-hydroxylation sites is 1. The predicted octanol–water partition coefficient (Wildman–Crippen LogP) is 4.36. The third-order valence-corrected chi connectivity index (χ3v) is 4.52. The molecule has 0 aliphatic rings. The molecule has 0 aliphatic heterocycles. The highest BCUT2D eigenvalue weighted by Gasteiger charge is 2.16. The van der Waals surface area contributed by atoms with Crippen LogP contribution in [0.1, 0.15) is 40.9 Å². The first-order valence-corrected chi connectivity index (χ1v) is 7.35. The van der Waals surface area contributed by atoms with E-state index in [-0.39, 0.29) is 5.41 Å². The topological polar surface area (TPSA) is 49.3 Å². The molecule has 2 rings (SSSR count). The maximum Gasteiger partial charge on any atom is 0.337 e. The summed E-state index contributed by atoms with van der Waals surface area (Å²) in [5.74, 6) is -0.908. The Morgan fingerprint density at radius 1 is 1.20 bits per heavy atom. The fourth-order valence-corrected chi connectivity index (χ4v) is 2.89. The molecule has 0 aliphatic carbocycles. The van der Waals surface area contributed by atoms with Gasteiger partial charge in [-0.15, -0.1) is 11.3 Å². The molecule has 0 amide bonds. The number of carboxylic acid groups (broad SMARTS) is 1. The molecule has 4 heteroatoms. The van der Waals surface area contributed by atoms with Gasteiger partial charge in [0, 0.05) is 22.0 Å². The SMILES string of the molecule is CC(C)(C)c1ccc(CNc2ccccc2C(=O)O)s1. The Hall–Kier alpha value is -1.81. The van der Waals surface area contributed by atoms with Gasteiger partial charge in [0.1, 0.15) is 0 Å². The predicted molar refractivity (Wildman–Crippen MR) is 83.7 cm³/mol. The van der Waals surface area contributed by atoms with Crippen LogP contribution in [-0.4, -0.2) is 11.1 Å². The molecule has 2 aromatic rings. The van der Waals surface area contributed by atoms with E-state index in [1.165, 1.54) is 9.75 Å². The molecule has 0 saturated heterocycles. The number of aromatic carboxylic acids is 1. The van der Waals surface area contributed by atoms with Gasteiger partial charge in [-0.2, -0.15) is 0 Å². The van der Waals surface area contributed by atoms with E-state index in [0.29, 0.717) is 17.8 Å². The van der Waals surface area contributed by atoms with Gasteiger partial charge in [-0.3, -0.25) is 0 Å². The Kier molecular flexibility index (Phi) is 4.14. The van der Waals surface area contributed by atoms with Crippen LogP contribution in [0.2, 0.25) is 0 Å². The van der Waals surface area contributed by atoms with Gasteiger partial charge >= 0.3 is 5.97 Å². The average molecular weight is 289 g/mol. The second kappa shape index (κ2) is 5.67. The molecule has 1 aromatic heterocycles.